The van der Waals surface area contributed by atoms with Gasteiger partial charge in [-0.2, -0.15) is 0 Å². The SMILES string of the molecule is Cc1ccc(NC(=O)c2ccc(Cl)cc2N)cn1. The van der Waals surface area contributed by atoms with Crippen molar-refractivity contribution in [2.24, 2.45) is 0 Å². The number of halogens is 1. The Morgan fingerprint density at radius 2 is 2.11 bits per heavy atom. The van der Waals surface area contributed by atoms with Crippen molar-refractivity contribution in [3.8, 4) is 0 Å². The van der Waals surface area contributed by atoms with Crippen LogP contribution in [0.5, 0.6) is 0 Å². The number of aryl methyl sites for hydroxylation is 1. The zero-order valence-corrected chi connectivity index (χ0v) is 10.5. The highest BCUT2D eigenvalue weighted by molar-refractivity contribution is 6.31. The van der Waals surface area contributed by atoms with E-state index >= 15 is 0 Å². The molecule has 0 saturated heterocycles. The number of nitrogen functional groups attached to an aromatic ring is 1. The van der Waals surface area contributed by atoms with E-state index in [-0.39, 0.29) is 5.91 Å². The number of pyridine rings is 1. The van der Waals surface area contributed by atoms with Crippen LogP contribution in [0.1, 0.15) is 16.1 Å². The monoisotopic (exact) mass is 261 g/mol. The van der Waals surface area contributed by atoms with E-state index in [1.807, 2.05) is 13.0 Å². The van der Waals surface area contributed by atoms with E-state index in [0.717, 1.165) is 5.69 Å². The van der Waals surface area contributed by atoms with Crippen molar-refractivity contribution < 1.29 is 4.79 Å². The van der Waals surface area contributed by atoms with Crippen LogP contribution in [-0.4, -0.2) is 10.9 Å². The molecule has 2 aromatic rings. The summed E-state index contributed by atoms with van der Waals surface area (Å²) in [5.74, 6) is -0.283. The van der Waals surface area contributed by atoms with Gasteiger partial charge in [0.25, 0.3) is 5.91 Å². The number of carbonyl (C=O) groups excluding carboxylic acids is 1. The van der Waals surface area contributed by atoms with Gasteiger partial charge in [-0.1, -0.05) is 11.6 Å². The molecule has 0 aliphatic carbocycles. The molecule has 1 amide bonds. The summed E-state index contributed by atoms with van der Waals surface area (Å²) in [6, 6.07) is 8.37. The van der Waals surface area contributed by atoms with Crippen LogP contribution in [0.25, 0.3) is 0 Å². The highest BCUT2D eigenvalue weighted by Gasteiger charge is 2.10. The molecule has 5 heteroatoms. The quantitative estimate of drug-likeness (QED) is 0.817. The Morgan fingerprint density at radius 1 is 1.33 bits per heavy atom. The molecule has 18 heavy (non-hydrogen) atoms. The maximum Gasteiger partial charge on any atom is 0.257 e. The lowest BCUT2D eigenvalue weighted by Crippen LogP contribution is -2.14. The molecule has 3 N–H and O–H groups in total. The predicted octanol–water partition coefficient (Wildman–Crippen LogP) is 2.88. The molecular formula is C13H12ClN3O. The summed E-state index contributed by atoms with van der Waals surface area (Å²) in [6.07, 6.45) is 1.60. The van der Waals surface area contributed by atoms with E-state index in [9.17, 15) is 4.79 Å². The highest BCUT2D eigenvalue weighted by Crippen LogP contribution is 2.19. The second kappa shape index (κ2) is 5.06. The third-order valence-electron chi connectivity index (χ3n) is 2.43. The molecule has 92 valence electrons. The first-order valence-electron chi connectivity index (χ1n) is 5.35. The molecule has 0 saturated carbocycles. The molecule has 0 unspecified atom stereocenters. The van der Waals surface area contributed by atoms with E-state index in [0.29, 0.717) is 22.0 Å². The van der Waals surface area contributed by atoms with Gasteiger partial charge in [0.15, 0.2) is 0 Å². The second-order valence-corrected chi connectivity index (χ2v) is 4.31. The van der Waals surface area contributed by atoms with Crippen LogP contribution >= 0.6 is 11.6 Å². The summed E-state index contributed by atoms with van der Waals surface area (Å²) < 4.78 is 0. The molecule has 1 heterocycles. The van der Waals surface area contributed by atoms with Crippen LogP contribution < -0.4 is 11.1 Å². The standard InChI is InChI=1S/C13H12ClN3O/c1-8-2-4-10(7-16-8)17-13(18)11-5-3-9(14)6-12(11)15/h2-7H,15H2,1H3,(H,17,18). The van der Waals surface area contributed by atoms with Gasteiger partial charge in [0, 0.05) is 16.4 Å². The molecule has 2 rings (SSSR count). The topological polar surface area (TPSA) is 68.0 Å². The van der Waals surface area contributed by atoms with E-state index in [1.165, 1.54) is 0 Å². The minimum absolute atomic E-state index is 0.283. The van der Waals surface area contributed by atoms with E-state index < -0.39 is 0 Å². The summed E-state index contributed by atoms with van der Waals surface area (Å²) in [5, 5.41) is 3.22. The second-order valence-electron chi connectivity index (χ2n) is 3.87. The third kappa shape index (κ3) is 2.78. The van der Waals surface area contributed by atoms with Gasteiger partial charge in [0.05, 0.1) is 17.4 Å². The molecule has 1 aromatic heterocycles. The Hall–Kier alpha value is -2.07. The molecule has 0 aliphatic rings. The number of amides is 1. The van der Waals surface area contributed by atoms with Gasteiger partial charge in [-0.25, -0.2) is 0 Å². The van der Waals surface area contributed by atoms with Crippen molar-refractivity contribution in [2.45, 2.75) is 6.92 Å². The maximum atomic E-state index is 12.0. The molecule has 0 bridgehead atoms. The molecule has 0 atom stereocenters. The fourth-order valence-electron chi connectivity index (χ4n) is 1.48. The number of anilines is 2. The normalized spacial score (nSPS) is 10.1. The van der Waals surface area contributed by atoms with Crippen molar-refractivity contribution in [3.63, 3.8) is 0 Å². The average molecular weight is 262 g/mol. The van der Waals surface area contributed by atoms with Crippen molar-refractivity contribution in [1.29, 1.82) is 0 Å². The number of hydrogen-bond donors (Lipinski definition) is 2. The molecule has 4 nitrogen and oxygen atoms in total. The maximum absolute atomic E-state index is 12.0. The fourth-order valence-corrected chi connectivity index (χ4v) is 1.66. The number of benzene rings is 1. The lowest BCUT2D eigenvalue weighted by atomic mass is 10.1. The summed E-state index contributed by atoms with van der Waals surface area (Å²) in [6.45, 7) is 1.88. The molecule has 1 aromatic carbocycles. The minimum Gasteiger partial charge on any atom is -0.398 e. The van der Waals surface area contributed by atoms with E-state index in [4.69, 9.17) is 17.3 Å². The van der Waals surface area contributed by atoms with Crippen LogP contribution in [0, 0.1) is 6.92 Å². The van der Waals surface area contributed by atoms with Gasteiger partial charge in [-0.3, -0.25) is 9.78 Å². The smallest absolute Gasteiger partial charge is 0.257 e. The van der Waals surface area contributed by atoms with E-state index in [2.05, 4.69) is 10.3 Å². The number of hydrogen-bond acceptors (Lipinski definition) is 3. The number of nitrogens with zero attached hydrogens (tertiary/aromatic N) is 1. The van der Waals surface area contributed by atoms with E-state index in [1.54, 1.807) is 30.5 Å². The average Bonchev–Trinajstić information content (AvgIpc) is 2.32. The van der Waals surface area contributed by atoms with Crippen molar-refractivity contribution in [3.05, 3.63) is 52.8 Å². The number of nitrogens with two attached hydrogens (primary N) is 1. The summed E-state index contributed by atoms with van der Waals surface area (Å²) in [5.41, 5.74) is 7.99. The van der Waals surface area contributed by atoms with Crippen molar-refractivity contribution >= 4 is 28.9 Å². The highest BCUT2D eigenvalue weighted by atomic mass is 35.5. The fraction of sp³-hybridized carbons (Fsp3) is 0.0769. The largest absolute Gasteiger partial charge is 0.398 e. The molecule has 0 aliphatic heterocycles. The Bertz CT molecular complexity index is 581. The first kappa shape index (κ1) is 12.4. The molecular weight excluding hydrogens is 250 g/mol. The molecule has 0 spiro atoms. The van der Waals surface area contributed by atoms with Gasteiger partial charge in [-0.15, -0.1) is 0 Å². The molecule has 0 fully saturated rings. The Balaban J connectivity index is 2.19. The lowest BCUT2D eigenvalue weighted by Gasteiger charge is -2.07. The predicted molar refractivity (Wildman–Crippen MR) is 72.8 cm³/mol. The lowest BCUT2D eigenvalue weighted by molar-refractivity contribution is 0.102. The van der Waals surface area contributed by atoms with Gasteiger partial charge in [0.1, 0.15) is 0 Å². The number of nitrogens with one attached hydrogen (secondary N) is 1. The number of aromatic nitrogens is 1. The zero-order valence-electron chi connectivity index (χ0n) is 9.77. The van der Waals surface area contributed by atoms with Crippen molar-refractivity contribution in [1.82, 2.24) is 4.98 Å². The first-order chi connectivity index (χ1) is 8.56. The summed E-state index contributed by atoms with van der Waals surface area (Å²) in [7, 11) is 0. The van der Waals surface area contributed by atoms with Crippen LogP contribution in [0.3, 0.4) is 0 Å². The number of rotatable bonds is 2. The van der Waals surface area contributed by atoms with Gasteiger partial charge in [0.2, 0.25) is 0 Å². The van der Waals surface area contributed by atoms with Crippen LogP contribution in [-0.2, 0) is 0 Å². The van der Waals surface area contributed by atoms with Gasteiger partial charge in [-0.05, 0) is 37.3 Å². The molecule has 0 radical (unpaired) electrons. The number of carbonyl (C=O) groups is 1. The van der Waals surface area contributed by atoms with Gasteiger partial charge >= 0.3 is 0 Å². The zero-order chi connectivity index (χ0) is 13.1. The van der Waals surface area contributed by atoms with Crippen molar-refractivity contribution in [2.75, 3.05) is 11.1 Å². The summed E-state index contributed by atoms with van der Waals surface area (Å²) >= 11 is 5.78. The van der Waals surface area contributed by atoms with Crippen LogP contribution in [0.2, 0.25) is 5.02 Å². The van der Waals surface area contributed by atoms with Gasteiger partial charge < -0.3 is 11.1 Å². The minimum atomic E-state index is -0.283. The van der Waals surface area contributed by atoms with Crippen LogP contribution in [0.4, 0.5) is 11.4 Å². The Labute approximate surface area is 110 Å². The summed E-state index contributed by atoms with van der Waals surface area (Å²) in [4.78, 5) is 16.1. The Kier molecular flexibility index (Phi) is 3.48. The first-order valence-corrected chi connectivity index (χ1v) is 5.73. The Morgan fingerprint density at radius 3 is 2.72 bits per heavy atom. The third-order valence-corrected chi connectivity index (χ3v) is 2.66. The van der Waals surface area contributed by atoms with Crippen LogP contribution in [0.15, 0.2) is 36.5 Å².